The van der Waals surface area contributed by atoms with Crippen molar-refractivity contribution in [2.45, 2.75) is 110 Å². The van der Waals surface area contributed by atoms with E-state index in [0.29, 0.717) is 30.8 Å². The molecule has 0 aromatic carbocycles. The van der Waals surface area contributed by atoms with Gasteiger partial charge >= 0.3 is 5.97 Å². The van der Waals surface area contributed by atoms with Crippen LogP contribution in [0.2, 0.25) is 0 Å². The first-order chi connectivity index (χ1) is 15.5. The molecule has 0 bridgehead atoms. The molecule has 0 aromatic rings. The normalized spacial score (nSPS) is 33.9. The van der Waals surface area contributed by atoms with Gasteiger partial charge in [0.1, 0.15) is 0 Å². The third-order valence-electron chi connectivity index (χ3n) is 8.62. The van der Waals surface area contributed by atoms with Crippen LogP contribution in [0.5, 0.6) is 0 Å². The van der Waals surface area contributed by atoms with Crippen LogP contribution in [0.4, 0.5) is 0 Å². The molecular weight excluding hydrogens is 412 g/mol. The molecule has 186 valence electrons. The van der Waals surface area contributed by atoms with Gasteiger partial charge in [-0.05, 0) is 95.0 Å². The predicted octanol–water partition coefficient (Wildman–Crippen LogP) is 6.28. The molecule has 3 rings (SSSR count). The van der Waals surface area contributed by atoms with Crippen LogP contribution in [0, 0.1) is 23.2 Å². The molecule has 0 saturated heterocycles. The number of rotatable bonds is 8. The van der Waals surface area contributed by atoms with Crippen molar-refractivity contribution in [1.82, 2.24) is 0 Å². The van der Waals surface area contributed by atoms with E-state index in [1.165, 1.54) is 24.5 Å². The van der Waals surface area contributed by atoms with Gasteiger partial charge in [-0.3, -0.25) is 4.79 Å². The topological polar surface area (TPSA) is 66.8 Å². The van der Waals surface area contributed by atoms with Crippen LogP contribution in [0.25, 0.3) is 0 Å². The van der Waals surface area contributed by atoms with E-state index < -0.39 is 5.60 Å². The zero-order valence-electron chi connectivity index (χ0n) is 21.4. The third kappa shape index (κ3) is 6.60. The van der Waals surface area contributed by atoms with Gasteiger partial charge in [0, 0.05) is 12.3 Å². The number of carbonyl (C=O) groups is 1. The van der Waals surface area contributed by atoms with Crippen LogP contribution in [-0.2, 0) is 9.53 Å². The van der Waals surface area contributed by atoms with Gasteiger partial charge in [-0.2, -0.15) is 0 Å². The highest BCUT2D eigenvalue weighted by Gasteiger charge is 2.54. The molecule has 4 heteroatoms. The van der Waals surface area contributed by atoms with Gasteiger partial charge < -0.3 is 14.9 Å². The molecule has 0 unspecified atom stereocenters. The van der Waals surface area contributed by atoms with Crippen molar-refractivity contribution < 1.29 is 19.7 Å². The maximum absolute atomic E-state index is 11.8. The quantitative estimate of drug-likeness (QED) is 0.420. The van der Waals surface area contributed by atoms with Crippen LogP contribution in [0.3, 0.4) is 0 Å². The van der Waals surface area contributed by atoms with E-state index in [4.69, 9.17) is 4.74 Å². The number of fused-ring (bicyclic) bond motifs is 1. The van der Waals surface area contributed by atoms with Gasteiger partial charge in [-0.15, -0.1) is 0 Å². The minimum absolute atomic E-state index is 0.0193. The number of carbonyl (C=O) groups excluding carboxylic acids is 1. The molecule has 3 aliphatic rings. The maximum atomic E-state index is 11.8. The van der Waals surface area contributed by atoms with Crippen molar-refractivity contribution in [3.63, 3.8) is 0 Å². The highest BCUT2D eigenvalue weighted by atomic mass is 16.5. The first-order valence-corrected chi connectivity index (χ1v) is 13.1. The van der Waals surface area contributed by atoms with Crippen LogP contribution < -0.4 is 0 Å². The Bertz CT molecular complexity index is 771. The second-order valence-corrected chi connectivity index (χ2v) is 11.7. The summed E-state index contributed by atoms with van der Waals surface area (Å²) in [6.07, 6.45) is 15.3. The first-order valence-electron chi connectivity index (χ1n) is 13.1. The Morgan fingerprint density at radius 1 is 1.27 bits per heavy atom. The highest BCUT2D eigenvalue weighted by molar-refractivity contribution is 5.66. The molecule has 0 heterocycles. The fraction of sp³-hybridized carbons (Fsp3) is 0.759. The Labute approximate surface area is 201 Å². The SMILES string of the molecule is C=C1CC[C@H](O)C/C1=C\C=C1/CCC[C@]2(COC(C)=O)[C@@H]([C@H](C)CCCC(C)(C)O)CC[C@@H]12. The van der Waals surface area contributed by atoms with Crippen LogP contribution in [-0.4, -0.2) is 34.5 Å². The molecular formula is C29H46O4. The first kappa shape index (κ1) is 26.2. The molecule has 0 amide bonds. The van der Waals surface area contributed by atoms with Crippen LogP contribution in [0.15, 0.2) is 35.5 Å². The Kier molecular flexibility index (Phi) is 8.66. The number of allylic oxidation sites excluding steroid dienone is 4. The summed E-state index contributed by atoms with van der Waals surface area (Å²) >= 11 is 0. The molecule has 3 saturated carbocycles. The Morgan fingerprint density at radius 2 is 2.03 bits per heavy atom. The molecule has 33 heavy (non-hydrogen) atoms. The molecule has 5 atom stereocenters. The Hall–Kier alpha value is -1.39. The fourth-order valence-corrected chi connectivity index (χ4v) is 6.91. The molecule has 2 N–H and O–H groups in total. The highest BCUT2D eigenvalue weighted by Crippen LogP contribution is 2.60. The van der Waals surface area contributed by atoms with Crippen LogP contribution >= 0.6 is 0 Å². The van der Waals surface area contributed by atoms with Gasteiger partial charge in [-0.25, -0.2) is 0 Å². The zero-order valence-corrected chi connectivity index (χ0v) is 21.4. The second-order valence-electron chi connectivity index (χ2n) is 11.7. The molecule has 3 fully saturated rings. The predicted molar refractivity (Wildman–Crippen MR) is 134 cm³/mol. The number of esters is 1. The maximum Gasteiger partial charge on any atom is 0.302 e. The average Bonchev–Trinajstić information content (AvgIpc) is 3.12. The van der Waals surface area contributed by atoms with Gasteiger partial charge in [0.15, 0.2) is 0 Å². The molecule has 0 aliphatic heterocycles. The van der Waals surface area contributed by atoms with E-state index in [1.54, 1.807) is 0 Å². The van der Waals surface area contributed by atoms with Crippen LogP contribution in [0.1, 0.15) is 98.3 Å². The lowest BCUT2D eigenvalue weighted by Gasteiger charge is -2.46. The molecule has 4 nitrogen and oxygen atoms in total. The molecule has 3 aliphatic carbocycles. The van der Waals surface area contributed by atoms with Crippen molar-refractivity contribution >= 4 is 5.97 Å². The third-order valence-corrected chi connectivity index (χ3v) is 8.62. The molecule has 0 aromatic heterocycles. The summed E-state index contributed by atoms with van der Waals surface area (Å²) in [5.41, 5.74) is 3.24. The lowest BCUT2D eigenvalue weighted by Crippen LogP contribution is -2.43. The van der Waals surface area contributed by atoms with Gasteiger partial charge in [0.05, 0.1) is 18.3 Å². The summed E-state index contributed by atoms with van der Waals surface area (Å²) in [5.74, 6) is 1.34. The lowest BCUT2D eigenvalue weighted by atomic mass is 9.60. The van der Waals surface area contributed by atoms with Crippen molar-refractivity contribution in [1.29, 1.82) is 0 Å². The average molecular weight is 459 g/mol. The lowest BCUT2D eigenvalue weighted by molar-refractivity contribution is -0.148. The van der Waals surface area contributed by atoms with Crippen molar-refractivity contribution in [2.75, 3.05) is 6.61 Å². The van der Waals surface area contributed by atoms with E-state index in [9.17, 15) is 15.0 Å². The van der Waals surface area contributed by atoms with Crippen molar-refractivity contribution in [3.8, 4) is 0 Å². The van der Waals surface area contributed by atoms with Gasteiger partial charge in [0.2, 0.25) is 0 Å². The summed E-state index contributed by atoms with van der Waals surface area (Å²) in [4.78, 5) is 11.8. The summed E-state index contributed by atoms with van der Waals surface area (Å²) in [5, 5.41) is 20.2. The minimum Gasteiger partial charge on any atom is -0.465 e. The molecule has 0 radical (unpaired) electrons. The van der Waals surface area contributed by atoms with E-state index in [-0.39, 0.29) is 17.5 Å². The summed E-state index contributed by atoms with van der Waals surface area (Å²) in [6, 6.07) is 0. The second kappa shape index (κ2) is 10.9. The number of aliphatic hydroxyl groups is 2. The number of ether oxygens (including phenoxy) is 1. The smallest absolute Gasteiger partial charge is 0.302 e. The number of hydrogen-bond acceptors (Lipinski definition) is 4. The number of aliphatic hydroxyl groups excluding tert-OH is 1. The minimum atomic E-state index is -0.613. The summed E-state index contributed by atoms with van der Waals surface area (Å²) < 4.78 is 5.73. The fourth-order valence-electron chi connectivity index (χ4n) is 6.91. The van der Waals surface area contributed by atoms with E-state index in [1.807, 2.05) is 13.8 Å². The summed E-state index contributed by atoms with van der Waals surface area (Å²) in [6.45, 7) is 12.4. The standard InChI is InChI=1S/C29H46O4/c1-20-10-13-25(31)18-24(20)12-11-23-9-7-17-29(19-33-22(3)30)26(14-15-27(23)29)21(2)8-6-16-28(4,5)32/h11-12,21,25-27,31-32H,1,6-10,13-19H2,2-5H3/b23-11+,24-12+/t21-,25+,26-,27+,29+/m1/s1. The molecule has 0 spiro atoms. The van der Waals surface area contributed by atoms with Gasteiger partial charge in [0.25, 0.3) is 0 Å². The van der Waals surface area contributed by atoms with Crippen molar-refractivity contribution in [2.24, 2.45) is 23.2 Å². The largest absolute Gasteiger partial charge is 0.465 e. The van der Waals surface area contributed by atoms with E-state index in [0.717, 1.165) is 63.4 Å². The number of hydrogen-bond donors (Lipinski definition) is 2. The van der Waals surface area contributed by atoms with Crippen molar-refractivity contribution in [3.05, 3.63) is 35.5 Å². The Balaban J connectivity index is 1.81. The summed E-state index contributed by atoms with van der Waals surface area (Å²) in [7, 11) is 0. The van der Waals surface area contributed by atoms with E-state index in [2.05, 4.69) is 25.7 Å². The van der Waals surface area contributed by atoms with Gasteiger partial charge in [-0.1, -0.05) is 49.6 Å². The van der Waals surface area contributed by atoms with E-state index >= 15 is 0 Å². The zero-order chi connectivity index (χ0) is 24.2. The monoisotopic (exact) mass is 458 g/mol. The Morgan fingerprint density at radius 3 is 2.73 bits per heavy atom.